The van der Waals surface area contributed by atoms with E-state index in [1.807, 2.05) is 0 Å². The number of hydrogen-bond acceptors (Lipinski definition) is 3. The number of fused-ring (bicyclic) bond motifs is 1. The van der Waals surface area contributed by atoms with Gasteiger partial charge in [0.1, 0.15) is 0 Å². The molecule has 0 unspecified atom stereocenters. The van der Waals surface area contributed by atoms with Gasteiger partial charge in [-0.1, -0.05) is 24.3 Å². The van der Waals surface area contributed by atoms with Gasteiger partial charge in [0.15, 0.2) is 11.5 Å². The highest BCUT2D eigenvalue weighted by Crippen LogP contribution is 2.38. The Hall–Kier alpha value is -2.23. The highest BCUT2D eigenvalue weighted by molar-refractivity contribution is 6.04. The van der Waals surface area contributed by atoms with Crippen LogP contribution in [0.5, 0.6) is 11.5 Å². The van der Waals surface area contributed by atoms with Crippen molar-refractivity contribution in [1.29, 1.82) is 0 Å². The van der Waals surface area contributed by atoms with Crippen LogP contribution >= 0.6 is 0 Å². The summed E-state index contributed by atoms with van der Waals surface area (Å²) in [6, 6.07) is 8.32. The van der Waals surface area contributed by atoms with Gasteiger partial charge in [-0.3, -0.25) is 4.79 Å². The van der Waals surface area contributed by atoms with E-state index in [0.29, 0.717) is 16.5 Å². The molecule has 0 radical (unpaired) electrons. The van der Waals surface area contributed by atoms with Crippen LogP contribution in [-0.4, -0.2) is 16.1 Å². The molecule has 0 bridgehead atoms. The minimum absolute atomic E-state index is 0.176. The number of hydrogen-bond donors (Lipinski definition) is 3. The first-order valence-corrected chi connectivity index (χ1v) is 4.81. The number of benzene rings is 2. The molecule has 4 nitrogen and oxygen atoms in total. The predicted molar refractivity (Wildman–Crippen MR) is 61.6 cm³/mol. The third-order valence-electron chi connectivity index (χ3n) is 2.31. The molecule has 0 heterocycles. The Labute approximate surface area is 92.1 Å². The molecule has 4 heteroatoms. The van der Waals surface area contributed by atoms with Crippen LogP contribution in [-0.2, 0) is 4.79 Å². The summed E-state index contributed by atoms with van der Waals surface area (Å²) in [5.41, 5.74) is 0.485. The lowest BCUT2D eigenvalue weighted by Gasteiger charge is -2.09. The molecule has 2 aromatic carbocycles. The number of carbonyl (C=O) groups is 1. The Morgan fingerprint density at radius 3 is 2.44 bits per heavy atom. The highest BCUT2D eigenvalue weighted by atomic mass is 16.3. The van der Waals surface area contributed by atoms with Gasteiger partial charge in [0.05, 0.1) is 5.69 Å². The number of nitrogens with one attached hydrogen (secondary N) is 1. The van der Waals surface area contributed by atoms with Gasteiger partial charge in [-0.25, -0.2) is 0 Å². The Bertz CT molecular complexity index is 563. The zero-order valence-corrected chi connectivity index (χ0v) is 8.69. The molecule has 82 valence electrons. The second-order valence-corrected chi connectivity index (χ2v) is 3.52. The number of phenolic OH excluding ortho intramolecular Hbond substituents is 2. The van der Waals surface area contributed by atoms with Gasteiger partial charge >= 0.3 is 0 Å². The van der Waals surface area contributed by atoms with Gasteiger partial charge in [-0.2, -0.15) is 0 Å². The van der Waals surface area contributed by atoms with Crippen molar-refractivity contribution in [1.82, 2.24) is 0 Å². The molecular weight excluding hydrogens is 206 g/mol. The van der Waals surface area contributed by atoms with E-state index in [1.165, 1.54) is 13.0 Å². The fourth-order valence-corrected chi connectivity index (χ4v) is 1.64. The zero-order chi connectivity index (χ0) is 11.7. The van der Waals surface area contributed by atoms with Crippen LogP contribution in [0.2, 0.25) is 0 Å². The van der Waals surface area contributed by atoms with Crippen molar-refractivity contribution >= 4 is 22.4 Å². The van der Waals surface area contributed by atoms with Crippen LogP contribution in [0.4, 0.5) is 5.69 Å². The third-order valence-corrected chi connectivity index (χ3v) is 2.31. The van der Waals surface area contributed by atoms with E-state index in [0.717, 1.165) is 0 Å². The van der Waals surface area contributed by atoms with Crippen molar-refractivity contribution in [3.05, 3.63) is 30.3 Å². The molecule has 0 aliphatic carbocycles. The molecule has 2 rings (SSSR count). The van der Waals surface area contributed by atoms with Crippen LogP contribution in [0.1, 0.15) is 6.92 Å². The average Bonchev–Trinajstić information content (AvgIpc) is 2.25. The van der Waals surface area contributed by atoms with Crippen LogP contribution in [0, 0.1) is 0 Å². The van der Waals surface area contributed by atoms with E-state index in [4.69, 9.17) is 0 Å². The lowest BCUT2D eigenvalue weighted by Crippen LogP contribution is -2.06. The fraction of sp³-hybridized carbons (Fsp3) is 0.0833. The SMILES string of the molecule is CC(=O)Nc1cc(O)c(O)c2ccccc12. The Morgan fingerprint density at radius 1 is 1.19 bits per heavy atom. The number of carbonyl (C=O) groups excluding carboxylic acids is 1. The topological polar surface area (TPSA) is 69.6 Å². The maximum Gasteiger partial charge on any atom is 0.221 e. The van der Waals surface area contributed by atoms with Gasteiger partial charge in [-0.15, -0.1) is 0 Å². The summed E-state index contributed by atoms with van der Waals surface area (Å²) < 4.78 is 0. The molecule has 16 heavy (non-hydrogen) atoms. The standard InChI is InChI=1S/C12H11NO3/c1-7(14)13-10-6-11(15)12(16)9-5-3-2-4-8(9)10/h2-6,15-16H,1H3,(H,13,14). The van der Waals surface area contributed by atoms with Crippen LogP contribution < -0.4 is 5.32 Å². The normalized spacial score (nSPS) is 10.3. The van der Waals surface area contributed by atoms with Crippen LogP contribution in [0.25, 0.3) is 10.8 Å². The number of phenols is 2. The Kier molecular flexibility index (Phi) is 2.40. The molecule has 0 fully saturated rings. The highest BCUT2D eigenvalue weighted by Gasteiger charge is 2.10. The second-order valence-electron chi connectivity index (χ2n) is 3.52. The molecule has 0 aromatic heterocycles. The van der Waals surface area contributed by atoms with Crippen molar-refractivity contribution in [2.45, 2.75) is 6.92 Å². The zero-order valence-electron chi connectivity index (χ0n) is 8.69. The lowest BCUT2D eigenvalue weighted by atomic mass is 10.1. The van der Waals surface area contributed by atoms with Gasteiger partial charge in [0.25, 0.3) is 0 Å². The molecule has 0 atom stereocenters. The molecule has 2 aromatic rings. The second kappa shape index (κ2) is 3.73. The lowest BCUT2D eigenvalue weighted by molar-refractivity contribution is -0.114. The molecule has 1 amide bonds. The third kappa shape index (κ3) is 1.65. The number of amides is 1. The van der Waals surface area contributed by atoms with Crippen molar-refractivity contribution in [2.24, 2.45) is 0 Å². The number of anilines is 1. The first kappa shape index (κ1) is 10.3. The van der Waals surface area contributed by atoms with E-state index >= 15 is 0 Å². The summed E-state index contributed by atoms with van der Waals surface area (Å²) in [5, 5.41) is 23.0. The largest absolute Gasteiger partial charge is 0.504 e. The van der Waals surface area contributed by atoms with Gasteiger partial charge in [-0.05, 0) is 0 Å². The molecule has 0 aliphatic rings. The van der Waals surface area contributed by atoms with Crippen molar-refractivity contribution in [3.63, 3.8) is 0 Å². The van der Waals surface area contributed by atoms with Crippen molar-refractivity contribution in [3.8, 4) is 11.5 Å². The summed E-state index contributed by atoms with van der Waals surface area (Å²) in [6.07, 6.45) is 0. The number of rotatable bonds is 1. The summed E-state index contributed by atoms with van der Waals surface area (Å²) in [7, 11) is 0. The van der Waals surface area contributed by atoms with Crippen molar-refractivity contribution < 1.29 is 15.0 Å². The quantitative estimate of drug-likeness (QED) is 0.506. The van der Waals surface area contributed by atoms with Crippen LogP contribution in [0.3, 0.4) is 0 Å². The Balaban J connectivity index is 2.74. The molecule has 0 aliphatic heterocycles. The smallest absolute Gasteiger partial charge is 0.221 e. The summed E-state index contributed by atoms with van der Waals surface area (Å²) in [5.74, 6) is -0.651. The summed E-state index contributed by atoms with van der Waals surface area (Å²) >= 11 is 0. The molecule has 3 N–H and O–H groups in total. The molecule has 0 spiro atoms. The monoisotopic (exact) mass is 217 g/mol. The molecule has 0 saturated heterocycles. The van der Waals surface area contributed by atoms with E-state index in [-0.39, 0.29) is 17.4 Å². The minimum Gasteiger partial charge on any atom is -0.504 e. The maximum atomic E-state index is 11.0. The van der Waals surface area contributed by atoms with Gasteiger partial charge in [0.2, 0.25) is 5.91 Å². The fourth-order valence-electron chi connectivity index (χ4n) is 1.64. The molecular formula is C12H11NO3. The van der Waals surface area contributed by atoms with Gasteiger partial charge in [0, 0.05) is 23.8 Å². The van der Waals surface area contributed by atoms with Crippen LogP contribution in [0.15, 0.2) is 30.3 Å². The summed E-state index contributed by atoms with van der Waals surface area (Å²) in [4.78, 5) is 11.0. The van der Waals surface area contributed by atoms with E-state index in [9.17, 15) is 15.0 Å². The Morgan fingerprint density at radius 2 is 1.81 bits per heavy atom. The summed E-state index contributed by atoms with van der Waals surface area (Å²) in [6.45, 7) is 1.39. The maximum absolute atomic E-state index is 11.0. The van der Waals surface area contributed by atoms with E-state index < -0.39 is 0 Å². The van der Waals surface area contributed by atoms with E-state index in [2.05, 4.69) is 5.32 Å². The predicted octanol–water partition coefficient (Wildman–Crippen LogP) is 2.21. The van der Waals surface area contributed by atoms with Crippen molar-refractivity contribution in [2.75, 3.05) is 5.32 Å². The first-order chi connectivity index (χ1) is 7.59. The van der Waals surface area contributed by atoms with E-state index in [1.54, 1.807) is 24.3 Å². The minimum atomic E-state index is -0.248. The average molecular weight is 217 g/mol. The number of aromatic hydroxyl groups is 2. The molecule has 0 saturated carbocycles. The first-order valence-electron chi connectivity index (χ1n) is 4.81. The van der Waals surface area contributed by atoms with Gasteiger partial charge < -0.3 is 15.5 Å².